The summed E-state index contributed by atoms with van der Waals surface area (Å²) in [6, 6.07) is 0. The number of carbonyl (C=O) groups excluding carboxylic acids is 2. The van der Waals surface area contributed by atoms with E-state index >= 15 is 0 Å². The Kier molecular flexibility index (Phi) is 4.20. The minimum absolute atomic E-state index is 0.0483. The average Bonchev–Trinajstić information content (AvgIpc) is 3.43. The topological polar surface area (TPSA) is 83.8 Å². The quantitative estimate of drug-likeness (QED) is 0.633. The maximum atomic E-state index is 12.4. The van der Waals surface area contributed by atoms with Gasteiger partial charge in [-0.15, -0.1) is 0 Å². The van der Waals surface area contributed by atoms with Crippen molar-refractivity contribution in [1.29, 1.82) is 0 Å². The molecule has 6 heteroatoms. The number of ketones is 1. The Morgan fingerprint density at radius 3 is 2.53 bits per heavy atom. The highest BCUT2D eigenvalue weighted by Gasteiger charge is 2.71. The first-order valence-electron chi connectivity index (χ1n) is 11.2. The molecule has 0 aliphatic heterocycles. The third-order valence-electron chi connectivity index (χ3n) is 9.79. The number of ether oxygens (including phenoxy) is 1. The van der Waals surface area contributed by atoms with Crippen LogP contribution < -0.4 is 0 Å². The van der Waals surface area contributed by atoms with Gasteiger partial charge in [-0.3, -0.25) is 9.59 Å². The summed E-state index contributed by atoms with van der Waals surface area (Å²) in [6.45, 7) is 7.44. The van der Waals surface area contributed by atoms with Crippen molar-refractivity contribution in [3.8, 4) is 0 Å². The molecule has 0 aromatic heterocycles. The minimum Gasteiger partial charge on any atom is -0.510 e. The fourth-order valence-corrected chi connectivity index (χ4v) is 8.65. The lowest BCUT2D eigenvalue weighted by Gasteiger charge is -2.59. The van der Waals surface area contributed by atoms with E-state index in [4.69, 9.17) is 16.3 Å². The van der Waals surface area contributed by atoms with Crippen molar-refractivity contribution in [1.82, 2.24) is 0 Å². The average molecular weight is 435 g/mol. The van der Waals surface area contributed by atoms with E-state index in [1.807, 2.05) is 0 Å². The summed E-state index contributed by atoms with van der Waals surface area (Å²) < 4.78 is 5.87. The van der Waals surface area contributed by atoms with Gasteiger partial charge in [0.15, 0.2) is 5.78 Å². The first-order valence-corrected chi connectivity index (χ1v) is 11.6. The lowest BCUT2D eigenvalue weighted by atomic mass is 9.47. The van der Waals surface area contributed by atoms with Crippen LogP contribution in [0, 0.1) is 40.4 Å². The molecule has 2 N–H and O–H groups in total. The molecule has 0 saturated heterocycles. The van der Waals surface area contributed by atoms with Gasteiger partial charge in [0.25, 0.3) is 0 Å². The van der Waals surface area contributed by atoms with Gasteiger partial charge >= 0.3 is 5.97 Å². The van der Waals surface area contributed by atoms with Gasteiger partial charge < -0.3 is 14.9 Å². The second-order valence-corrected chi connectivity index (χ2v) is 11.2. The first kappa shape index (κ1) is 20.6. The standard InChI is InChI=1S/C24H31ClO5/c1-11(26)24(30-12(2)27)8-6-14-19-15(5-7-22(14,24)3)23(4)16-9-13(16)18(28)10-17(23)20(25)21(19)29/h10-11,13-16,19,26,29H,5-9H2,1-4H3/t11?,13-,14?,15?,16?,19?,22+,23+,24+/m1/s1. The molecule has 0 amide bonds. The van der Waals surface area contributed by atoms with E-state index in [1.165, 1.54) is 6.92 Å². The number of fused-ring (bicyclic) bond motifs is 7. The molecule has 5 aliphatic carbocycles. The molecule has 5 rings (SSSR count). The molecule has 5 unspecified atom stereocenters. The molecule has 164 valence electrons. The molecule has 0 aromatic rings. The van der Waals surface area contributed by atoms with Crippen molar-refractivity contribution in [3.05, 3.63) is 22.4 Å². The van der Waals surface area contributed by atoms with Crippen LogP contribution in [0.5, 0.6) is 0 Å². The number of esters is 1. The molecule has 0 radical (unpaired) electrons. The highest BCUT2D eigenvalue weighted by Crippen LogP contribution is 2.73. The third-order valence-corrected chi connectivity index (χ3v) is 10.2. The Morgan fingerprint density at radius 2 is 1.90 bits per heavy atom. The summed E-state index contributed by atoms with van der Waals surface area (Å²) in [7, 11) is 0. The lowest BCUT2D eigenvalue weighted by molar-refractivity contribution is -0.205. The van der Waals surface area contributed by atoms with Gasteiger partial charge in [-0.05, 0) is 68.4 Å². The molecule has 3 fully saturated rings. The predicted molar refractivity (Wildman–Crippen MR) is 112 cm³/mol. The van der Waals surface area contributed by atoms with E-state index in [2.05, 4.69) is 13.8 Å². The smallest absolute Gasteiger partial charge is 0.303 e. The van der Waals surface area contributed by atoms with E-state index in [9.17, 15) is 19.8 Å². The maximum Gasteiger partial charge on any atom is 0.303 e. The fraction of sp³-hybridized carbons (Fsp3) is 0.750. The Hall–Kier alpha value is -1.33. The number of allylic oxidation sites excluding steroid dienone is 4. The molecular weight excluding hydrogens is 404 g/mol. The number of hydrogen-bond acceptors (Lipinski definition) is 5. The summed E-state index contributed by atoms with van der Waals surface area (Å²) in [6.07, 6.45) is 4.75. The summed E-state index contributed by atoms with van der Waals surface area (Å²) in [5.41, 5.74) is -0.812. The SMILES string of the molecule is CC(=O)O[C@]1(C(C)O)CCC2C3C(O)=C(Cl)C4=CC(=O)[C@@H]5CC5[C@]4(C)C3CC[C@@]21C. The van der Waals surface area contributed by atoms with Crippen molar-refractivity contribution >= 4 is 23.4 Å². The van der Waals surface area contributed by atoms with Crippen molar-refractivity contribution in [2.24, 2.45) is 40.4 Å². The molecule has 0 bridgehead atoms. The monoisotopic (exact) mass is 434 g/mol. The van der Waals surface area contributed by atoms with E-state index < -0.39 is 17.1 Å². The molecule has 5 nitrogen and oxygen atoms in total. The first-order chi connectivity index (χ1) is 14.0. The van der Waals surface area contributed by atoms with Crippen molar-refractivity contribution in [2.75, 3.05) is 0 Å². The largest absolute Gasteiger partial charge is 0.510 e. The van der Waals surface area contributed by atoms with Crippen molar-refractivity contribution in [3.63, 3.8) is 0 Å². The summed E-state index contributed by atoms with van der Waals surface area (Å²) in [4.78, 5) is 24.4. The number of carbonyl (C=O) groups is 2. The Balaban J connectivity index is 1.63. The van der Waals surface area contributed by atoms with Gasteiger partial charge in [-0.2, -0.15) is 0 Å². The Morgan fingerprint density at radius 1 is 1.23 bits per heavy atom. The number of aliphatic hydroxyl groups excluding tert-OH is 2. The summed E-state index contributed by atoms with van der Waals surface area (Å²) in [5, 5.41) is 22.4. The number of halogens is 1. The van der Waals surface area contributed by atoms with Gasteiger partial charge in [0.05, 0.1) is 11.1 Å². The maximum absolute atomic E-state index is 12.4. The van der Waals surface area contributed by atoms with Crippen LogP contribution in [0.3, 0.4) is 0 Å². The second kappa shape index (κ2) is 6.13. The van der Waals surface area contributed by atoms with Gasteiger partial charge in [-0.25, -0.2) is 0 Å². The zero-order chi connectivity index (χ0) is 21.8. The summed E-state index contributed by atoms with van der Waals surface area (Å²) in [5.74, 6) is 0.411. The second-order valence-electron chi connectivity index (χ2n) is 10.8. The van der Waals surface area contributed by atoms with Crippen molar-refractivity contribution in [2.45, 2.75) is 71.5 Å². The highest BCUT2D eigenvalue weighted by atomic mass is 35.5. The molecule has 5 aliphatic rings. The van der Waals surface area contributed by atoms with Crippen LogP contribution >= 0.6 is 11.6 Å². The molecule has 9 atom stereocenters. The van der Waals surface area contributed by atoms with Crippen LogP contribution in [0.4, 0.5) is 0 Å². The van der Waals surface area contributed by atoms with E-state index in [-0.39, 0.29) is 46.6 Å². The van der Waals surface area contributed by atoms with E-state index in [0.717, 1.165) is 31.3 Å². The highest BCUT2D eigenvalue weighted by molar-refractivity contribution is 6.33. The van der Waals surface area contributed by atoms with E-state index in [0.29, 0.717) is 17.4 Å². The Bertz CT molecular complexity index is 905. The number of aliphatic hydroxyl groups is 2. The fourth-order valence-electron chi connectivity index (χ4n) is 8.26. The molecule has 3 saturated carbocycles. The van der Waals surface area contributed by atoms with Crippen LogP contribution in [0.2, 0.25) is 0 Å². The summed E-state index contributed by atoms with van der Waals surface area (Å²) >= 11 is 6.73. The molecule has 0 heterocycles. The molecule has 0 spiro atoms. The van der Waals surface area contributed by atoms with Gasteiger partial charge in [0.2, 0.25) is 0 Å². The van der Waals surface area contributed by atoms with Gasteiger partial charge in [0.1, 0.15) is 11.4 Å². The lowest BCUT2D eigenvalue weighted by Crippen LogP contribution is -2.60. The van der Waals surface area contributed by atoms with Crippen molar-refractivity contribution < 1.29 is 24.5 Å². The minimum atomic E-state index is -0.955. The third kappa shape index (κ3) is 2.24. The van der Waals surface area contributed by atoms with Crippen LogP contribution in [0.15, 0.2) is 22.4 Å². The van der Waals surface area contributed by atoms with Gasteiger partial charge in [0, 0.05) is 29.6 Å². The molecule has 0 aromatic carbocycles. The molecule has 30 heavy (non-hydrogen) atoms. The normalized spacial score (nSPS) is 50.0. The Labute approximate surface area is 182 Å². The van der Waals surface area contributed by atoms with Crippen LogP contribution in [0.1, 0.15) is 59.8 Å². The van der Waals surface area contributed by atoms with Crippen LogP contribution in [0.25, 0.3) is 0 Å². The zero-order valence-electron chi connectivity index (χ0n) is 18.1. The van der Waals surface area contributed by atoms with Crippen LogP contribution in [-0.2, 0) is 14.3 Å². The number of hydrogen-bond donors (Lipinski definition) is 2. The zero-order valence-corrected chi connectivity index (χ0v) is 18.8. The predicted octanol–water partition coefficient (Wildman–Crippen LogP) is 4.29. The number of rotatable bonds is 2. The van der Waals surface area contributed by atoms with Crippen LogP contribution in [-0.4, -0.2) is 33.7 Å². The van der Waals surface area contributed by atoms with E-state index in [1.54, 1.807) is 13.0 Å². The molecular formula is C24H31ClO5. The van der Waals surface area contributed by atoms with Gasteiger partial charge in [-0.1, -0.05) is 25.4 Å².